The third kappa shape index (κ3) is 4.12. The topological polar surface area (TPSA) is 26.3 Å². The molecule has 0 aromatic rings. The third-order valence-electron chi connectivity index (χ3n) is 2.83. The van der Waals surface area contributed by atoms with Crippen molar-refractivity contribution in [3.63, 3.8) is 0 Å². The summed E-state index contributed by atoms with van der Waals surface area (Å²) in [5.74, 6) is 0.645. The molecule has 0 spiro atoms. The number of hydrogen-bond acceptors (Lipinski definition) is 2. The monoisotopic (exact) mass is 234 g/mol. The van der Waals surface area contributed by atoms with Gasteiger partial charge in [-0.25, -0.2) is 0 Å². The van der Waals surface area contributed by atoms with Gasteiger partial charge in [0.25, 0.3) is 0 Å². The molecule has 0 aromatic heterocycles. The molecule has 1 unspecified atom stereocenters. The van der Waals surface area contributed by atoms with E-state index in [2.05, 4.69) is 13.8 Å². The maximum absolute atomic E-state index is 11.6. The summed E-state index contributed by atoms with van der Waals surface area (Å²) in [7, 11) is 0. The molecule has 1 atom stereocenters. The number of rotatable bonds is 7. The molecular formula is C12H23ClO2. The molecule has 0 amide bonds. The number of carbonyl (C=O) groups is 1. The molecule has 0 saturated carbocycles. The van der Waals surface area contributed by atoms with Crippen LogP contribution in [0.25, 0.3) is 0 Å². The molecule has 0 N–H and O–H groups in total. The first-order valence-electron chi connectivity index (χ1n) is 5.64. The van der Waals surface area contributed by atoms with Crippen LogP contribution in [-0.4, -0.2) is 18.5 Å². The SMILES string of the molecule is CCOCC(CC(C)C)(C(=O)Cl)C(C)C. The van der Waals surface area contributed by atoms with Crippen molar-refractivity contribution in [2.45, 2.75) is 41.0 Å². The Kier molecular flexibility index (Phi) is 6.46. The molecule has 3 heteroatoms. The summed E-state index contributed by atoms with van der Waals surface area (Å²) in [6, 6.07) is 0. The van der Waals surface area contributed by atoms with Crippen LogP contribution < -0.4 is 0 Å². The number of carbonyl (C=O) groups excluding carboxylic acids is 1. The van der Waals surface area contributed by atoms with E-state index < -0.39 is 5.41 Å². The van der Waals surface area contributed by atoms with Crippen molar-refractivity contribution in [1.82, 2.24) is 0 Å². The predicted molar refractivity (Wildman–Crippen MR) is 64.1 cm³/mol. The van der Waals surface area contributed by atoms with Crippen LogP contribution in [-0.2, 0) is 9.53 Å². The van der Waals surface area contributed by atoms with Crippen LogP contribution in [0.1, 0.15) is 41.0 Å². The molecule has 0 radical (unpaired) electrons. The minimum Gasteiger partial charge on any atom is -0.381 e. The first-order chi connectivity index (χ1) is 6.86. The zero-order valence-corrected chi connectivity index (χ0v) is 11.2. The highest BCUT2D eigenvalue weighted by Crippen LogP contribution is 2.37. The van der Waals surface area contributed by atoms with Crippen LogP contribution in [0.2, 0.25) is 0 Å². The fraction of sp³-hybridized carbons (Fsp3) is 0.917. The molecule has 2 nitrogen and oxygen atoms in total. The second-order valence-corrected chi connectivity index (χ2v) is 5.16. The smallest absolute Gasteiger partial charge is 0.230 e. The van der Waals surface area contributed by atoms with E-state index in [1.54, 1.807) is 0 Å². The van der Waals surface area contributed by atoms with Gasteiger partial charge in [-0.1, -0.05) is 27.7 Å². The van der Waals surface area contributed by atoms with Crippen LogP contribution in [0.15, 0.2) is 0 Å². The Labute approximate surface area is 98.3 Å². The zero-order chi connectivity index (χ0) is 12.1. The molecule has 0 saturated heterocycles. The van der Waals surface area contributed by atoms with E-state index in [0.29, 0.717) is 19.1 Å². The van der Waals surface area contributed by atoms with Gasteiger partial charge in [0.1, 0.15) is 0 Å². The van der Waals surface area contributed by atoms with Crippen LogP contribution in [0.4, 0.5) is 0 Å². The number of hydrogen-bond donors (Lipinski definition) is 0. The van der Waals surface area contributed by atoms with Gasteiger partial charge in [-0.15, -0.1) is 0 Å². The van der Waals surface area contributed by atoms with Gasteiger partial charge in [-0.3, -0.25) is 4.79 Å². The third-order valence-corrected chi connectivity index (χ3v) is 3.21. The Morgan fingerprint density at radius 1 is 1.33 bits per heavy atom. The molecule has 0 fully saturated rings. The van der Waals surface area contributed by atoms with Crippen LogP contribution >= 0.6 is 11.6 Å². The van der Waals surface area contributed by atoms with Gasteiger partial charge in [0.15, 0.2) is 0 Å². The van der Waals surface area contributed by atoms with Crippen LogP contribution in [0.3, 0.4) is 0 Å². The Bertz CT molecular complexity index is 202. The number of ether oxygens (including phenoxy) is 1. The van der Waals surface area contributed by atoms with Crippen molar-refractivity contribution in [3.05, 3.63) is 0 Å². The zero-order valence-electron chi connectivity index (χ0n) is 10.5. The minimum atomic E-state index is -0.522. The average Bonchev–Trinajstić information content (AvgIpc) is 2.10. The van der Waals surface area contributed by atoms with E-state index in [1.807, 2.05) is 20.8 Å². The fourth-order valence-electron chi connectivity index (χ4n) is 1.84. The van der Waals surface area contributed by atoms with Gasteiger partial charge in [0, 0.05) is 6.61 Å². The van der Waals surface area contributed by atoms with Gasteiger partial charge >= 0.3 is 0 Å². The molecule has 0 aromatic carbocycles. The Morgan fingerprint density at radius 2 is 1.87 bits per heavy atom. The molecule has 0 aliphatic heterocycles. The minimum absolute atomic E-state index is 0.205. The number of halogens is 1. The second-order valence-electron chi connectivity index (χ2n) is 4.82. The maximum atomic E-state index is 11.6. The summed E-state index contributed by atoms with van der Waals surface area (Å²) >= 11 is 5.76. The average molecular weight is 235 g/mol. The molecule has 0 aliphatic rings. The second kappa shape index (κ2) is 6.49. The van der Waals surface area contributed by atoms with E-state index in [-0.39, 0.29) is 11.2 Å². The van der Waals surface area contributed by atoms with Gasteiger partial charge in [-0.05, 0) is 36.8 Å². The van der Waals surface area contributed by atoms with Gasteiger partial charge in [0.05, 0.1) is 12.0 Å². The Morgan fingerprint density at radius 3 is 2.13 bits per heavy atom. The lowest BCUT2D eigenvalue weighted by Crippen LogP contribution is -2.39. The van der Waals surface area contributed by atoms with E-state index in [4.69, 9.17) is 16.3 Å². The molecule has 0 bridgehead atoms. The van der Waals surface area contributed by atoms with Crippen molar-refractivity contribution in [1.29, 1.82) is 0 Å². The van der Waals surface area contributed by atoms with E-state index in [0.717, 1.165) is 6.42 Å². The Balaban J connectivity index is 4.81. The van der Waals surface area contributed by atoms with Gasteiger partial charge < -0.3 is 4.74 Å². The van der Waals surface area contributed by atoms with Crippen molar-refractivity contribution in [3.8, 4) is 0 Å². The summed E-state index contributed by atoms with van der Waals surface area (Å²) in [6.45, 7) is 11.2. The maximum Gasteiger partial charge on any atom is 0.230 e. The highest BCUT2D eigenvalue weighted by molar-refractivity contribution is 6.64. The highest BCUT2D eigenvalue weighted by atomic mass is 35.5. The summed E-state index contributed by atoms with van der Waals surface area (Å²) in [6.07, 6.45) is 0.785. The van der Waals surface area contributed by atoms with E-state index >= 15 is 0 Å². The molecule has 90 valence electrons. The largest absolute Gasteiger partial charge is 0.381 e. The first kappa shape index (κ1) is 14.9. The fourth-order valence-corrected chi connectivity index (χ4v) is 2.19. The summed E-state index contributed by atoms with van der Waals surface area (Å²) in [4.78, 5) is 11.6. The molecule has 0 aliphatic carbocycles. The predicted octanol–water partition coefficient (Wildman–Crippen LogP) is 3.48. The van der Waals surface area contributed by atoms with E-state index in [1.165, 1.54) is 0 Å². The molecule has 15 heavy (non-hydrogen) atoms. The standard InChI is InChI=1S/C12H23ClO2/c1-6-15-8-12(10(4)5,11(13)14)7-9(2)3/h9-10H,6-8H2,1-5H3. The summed E-state index contributed by atoms with van der Waals surface area (Å²) in [5.41, 5.74) is -0.522. The van der Waals surface area contributed by atoms with Crippen molar-refractivity contribution in [2.75, 3.05) is 13.2 Å². The molecule has 0 rings (SSSR count). The first-order valence-corrected chi connectivity index (χ1v) is 6.02. The summed E-state index contributed by atoms with van der Waals surface area (Å²) in [5, 5.41) is -0.264. The van der Waals surface area contributed by atoms with Gasteiger partial charge in [-0.2, -0.15) is 0 Å². The van der Waals surface area contributed by atoms with Gasteiger partial charge in [0.2, 0.25) is 5.24 Å². The molecule has 0 heterocycles. The normalized spacial score (nSPS) is 15.7. The summed E-state index contributed by atoms with van der Waals surface area (Å²) < 4.78 is 5.42. The van der Waals surface area contributed by atoms with E-state index in [9.17, 15) is 4.79 Å². The lowest BCUT2D eigenvalue weighted by molar-refractivity contribution is -0.128. The lowest BCUT2D eigenvalue weighted by atomic mass is 9.73. The van der Waals surface area contributed by atoms with Crippen molar-refractivity contribution in [2.24, 2.45) is 17.3 Å². The van der Waals surface area contributed by atoms with Crippen LogP contribution in [0.5, 0.6) is 0 Å². The van der Waals surface area contributed by atoms with Crippen molar-refractivity contribution < 1.29 is 9.53 Å². The quantitative estimate of drug-likeness (QED) is 0.631. The van der Waals surface area contributed by atoms with Crippen molar-refractivity contribution >= 4 is 16.8 Å². The lowest BCUT2D eigenvalue weighted by Gasteiger charge is -2.35. The van der Waals surface area contributed by atoms with Crippen LogP contribution in [0, 0.1) is 17.3 Å². The Hall–Kier alpha value is -0.0800. The molecular weight excluding hydrogens is 212 g/mol. The highest BCUT2D eigenvalue weighted by Gasteiger charge is 2.41.